The lowest BCUT2D eigenvalue weighted by Crippen LogP contribution is -2.00. The summed E-state index contributed by atoms with van der Waals surface area (Å²) in [4.78, 5) is 7.71. The molecule has 0 saturated heterocycles. The van der Waals surface area contributed by atoms with Crippen molar-refractivity contribution in [3.8, 4) is 5.75 Å². The van der Waals surface area contributed by atoms with Crippen LogP contribution < -0.4 is 10.2 Å². The van der Waals surface area contributed by atoms with Gasteiger partial charge in [0.1, 0.15) is 11.3 Å². The molecule has 0 saturated carbocycles. The highest BCUT2D eigenvalue weighted by Gasteiger charge is 2.09. The van der Waals surface area contributed by atoms with Gasteiger partial charge in [-0.1, -0.05) is 48.5 Å². The number of hydrazone groups is 1. The number of nitrogens with zero attached hydrogens (tertiary/aromatic N) is 4. The van der Waals surface area contributed by atoms with Crippen molar-refractivity contribution in [2.75, 3.05) is 12.5 Å². The van der Waals surface area contributed by atoms with Crippen LogP contribution in [0.15, 0.2) is 65.8 Å². The first kappa shape index (κ1) is 16.2. The van der Waals surface area contributed by atoms with Crippen LogP contribution in [0, 0.1) is 0 Å². The number of aromatic nitrogens is 4. The molecule has 0 fully saturated rings. The maximum absolute atomic E-state index is 5.48. The van der Waals surface area contributed by atoms with E-state index in [-0.39, 0.29) is 0 Å². The van der Waals surface area contributed by atoms with Gasteiger partial charge in [-0.25, -0.2) is 5.43 Å². The molecule has 0 aliphatic rings. The Bertz CT molecular complexity index is 1340. The number of hydrogen-bond acceptors (Lipinski definition) is 6. The third kappa shape index (κ3) is 2.69. The predicted molar refractivity (Wildman–Crippen MR) is 111 cm³/mol. The number of para-hydroxylation sites is 1. The Balaban J connectivity index is 1.48. The lowest BCUT2D eigenvalue weighted by molar-refractivity contribution is 0.415. The summed E-state index contributed by atoms with van der Waals surface area (Å²) in [6, 6.07) is 19.9. The molecule has 0 unspecified atom stereocenters. The van der Waals surface area contributed by atoms with Gasteiger partial charge in [-0.3, -0.25) is 0 Å². The molecule has 5 rings (SSSR count). The van der Waals surface area contributed by atoms with Crippen molar-refractivity contribution >= 4 is 45.0 Å². The molecule has 0 amide bonds. The number of fused-ring (bicyclic) bond motifs is 4. The van der Waals surface area contributed by atoms with Gasteiger partial charge in [-0.15, -0.1) is 10.2 Å². The normalized spacial score (nSPS) is 11.6. The zero-order valence-electron chi connectivity index (χ0n) is 15.0. The predicted octanol–water partition coefficient (Wildman–Crippen LogP) is 4.11. The van der Waals surface area contributed by atoms with Crippen LogP contribution in [0.25, 0.3) is 32.8 Å². The number of ether oxygens (including phenoxy) is 1. The first-order valence-corrected chi connectivity index (χ1v) is 8.79. The van der Waals surface area contributed by atoms with Crippen LogP contribution in [-0.4, -0.2) is 33.5 Å². The maximum Gasteiger partial charge on any atom is 0.265 e. The zero-order valence-corrected chi connectivity index (χ0v) is 15.0. The van der Waals surface area contributed by atoms with E-state index in [4.69, 9.17) is 4.74 Å². The Morgan fingerprint density at radius 2 is 1.79 bits per heavy atom. The fraction of sp³-hybridized carbons (Fsp3) is 0.0476. The summed E-state index contributed by atoms with van der Waals surface area (Å²) in [5.41, 5.74) is 6.11. The van der Waals surface area contributed by atoms with E-state index in [1.165, 1.54) is 0 Å². The number of rotatable bonds is 4. The number of H-pyrrole nitrogens is 1. The first-order valence-electron chi connectivity index (χ1n) is 8.79. The summed E-state index contributed by atoms with van der Waals surface area (Å²) in [6.45, 7) is 0. The highest BCUT2D eigenvalue weighted by molar-refractivity contribution is 6.04. The van der Waals surface area contributed by atoms with E-state index in [9.17, 15) is 0 Å². The number of aromatic amines is 1. The molecule has 28 heavy (non-hydrogen) atoms. The minimum Gasteiger partial charge on any atom is -0.496 e. The van der Waals surface area contributed by atoms with Crippen LogP contribution in [-0.2, 0) is 0 Å². The van der Waals surface area contributed by atoms with Crippen molar-refractivity contribution < 1.29 is 4.74 Å². The average molecular weight is 368 g/mol. The number of anilines is 1. The second kappa shape index (κ2) is 6.62. The zero-order chi connectivity index (χ0) is 18.9. The van der Waals surface area contributed by atoms with Crippen LogP contribution in [0.4, 0.5) is 5.95 Å². The molecular formula is C21H16N6O. The van der Waals surface area contributed by atoms with Crippen molar-refractivity contribution in [3.63, 3.8) is 0 Å². The van der Waals surface area contributed by atoms with Gasteiger partial charge in [-0.05, 0) is 22.9 Å². The molecule has 0 atom stereocenters. The minimum absolute atomic E-state index is 0.314. The number of methoxy groups -OCH3 is 1. The summed E-state index contributed by atoms with van der Waals surface area (Å²) in [6.07, 6.45) is 1.71. The number of hydrogen-bond donors (Lipinski definition) is 2. The van der Waals surface area contributed by atoms with Crippen LogP contribution in [0.2, 0.25) is 0 Å². The molecule has 2 heterocycles. The molecule has 136 valence electrons. The van der Waals surface area contributed by atoms with Crippen LogP contribution in [0.1, 0.15) is 5.56 Å². The molecule has 0 aliphatic heterocycles. The highest BCUT2D eigenvalue weighted by atomic mass is 16.5. The van der Waals surface area contributed by atoms with Gasteiger partial charge < -0.3 is 9.72 Å². The van der Waals surface area contributed by atoms with Crippen LogP contribution in [0.5, 0.6) is 5.75 Å². The quantitative estimate of drug-likeness (QED) is 0.368. The molecule has 7 heteroatoms. The van der Waals surface area contributed by atoms with Gasteiger partial charge in [0.2, 0.25) is 0 Å². The molecule has 0 bridgehead atoms. The maximum atomic E-state index is 5.48. The molecule has 3 aromatic carbocycles. The van der Waals surface area contributed by atoms with Crippen LogP contribution >= 0.6 is 0 Å². The van der Waals surface area contributed by atoms with E-state index in [0.717, 1.165) is 38.5 Å². The summed E-state index contributed by atoms with van der Waals surface area (Å²) in [7, 11) is 1.64. The average Bonchev–Trinajstić information content (AvgIpc) is 3.11. The van der Waals surface area contributed by atoms with Crippen molar-refractivity contribution in [1.82, 2.24) is 20.2 Å². The summed E-state index contributed by atoms with van der Waals surface area (Å²) < 4.78 is 5.48. The second-order valence-electron chi connectivity index (χ2n) is 6.28. The molecule has 5 aromatic rings. The summed E-state index contributed by atoms with van der Waals surface area (Å²) >= 11 is 0. The van der Waals surface area contributed by atoms with Crippen molar-refractivity contribution in [2.45, 2.75) is 0 Å². The van der Waals surface area contributed by atoms with E-state index in [0.29, 0.717) is 11.6 Å². The minimum atomic E-state index is 0.314. The van der Waals surface area contributed by atoms with E-state index in [2.05, 4.69) is 36.8 Å². The highest BCUT2D eigenvalue weighted by Crippen LogP contribution is 2.26. The van der Waals surface area contributed by atoms with Gasteiger partial charge >= 0.3 is 0 Å². The van der Waals surface area contributed by atoms with Gasteiger partial charge in [0.25, 0.3) is 5.95 Å². The largest absolute Gasteiger partial charge is 0.496 e. The third-order valence-electron chi connectivity index (χ3n) is 4.63. The molecule has 2 aromatic heterocycles. The van der Waals surface area contributed by atoms with E-state index >= 15 is 0 Å². The van der Waals surface area contributed by atoms with Crippen molar-refractivity contribution in [1.29, 1.82) is 0 Å². The summed E-state index contributed by atoms with van der Waals surface area (Å²) in [5, 5.41) is 15.9. The fourth-order valence-corrected chi connectivity index (χ4v) is 3.31. The topological polar surface area (TPSA) is 88.1 Å². The lowest BCUT2D eigenvalue weighted by atomic mass is 10.0. The third-order valence-corrected chi connectivity index (χ3v) is 4.63. The van der Waals surface area contributed by atoms with Crippen molar-refractivity contribution in [2.24, 2.45) is 5.10 Å². The fourth-order valence-electron chi connectivity index (χ4n) is 3.31. The molecular weight excluding hydrogens is 352 g/mol. The Morgan fingerprint density at radius 1 is 0.964 bits per heavy atom. The smallest absolute Gasteiger partial charge is 0.265 e. The number of nitrogens with one attached hydrogen (secondary N) is 2. The Morgan fingerprint density at radius 3 is 2.68 bits per heavy atom. The molecule has 7 nitrogen and oxygen atoms in total. The van der Waals surface area contributed by atoms with E-state index < -0.39 is 0 Å². The Kier molecular flexibility index (Phi) is 3.83. The molecule has 2 N–H and O–H groups in total. The molecule has 0 spiro atoms. The van der Waals surface area contributed by atoms with Crippen molar-refractivity contribution in [3.05, 3.63) is 66.2 Å². The Hall–Kier alpha value is -4.00. The number of benzene rings is 3. The van der Waals surface area contributed by atoms with Gasteiger partial charge in [0.05, 0.1) is 13.3 Å². The SMILES string of the molecule is COc1ccc2ccccc2c1/C=N/Nc1nnc2c(n1)[nH]c1ccccc12. The van der Waals surface area contributed by atoms with Gasteiger partial charge in [0.15, 0.2) is 5.65 Å². The standard InChI is InChI=1S/C21H16N6O/c1-28-18-11-10-13-6-2-3-7-14(13)16(18)12-22-26-21-24-20-19(25-27-21)15-8-4-5-9-17(15)23-20/h2-12H,1H3,(H2,23,24,26,27)/b22-12+. The lowest BCUT2D eigenvalue weighted by Gasteiger charge is -2.08. The van der Waals surface area contributed by atoms with Crippen LogP contribution in [0.3, 0.4) is 0 Å². The monoisotopic (exact) mass is 368 g/mol. The van der Waals surface area contributed by atoms with Gasteiger partial charge in [0, 0.05) is 16.5 Å². The second-order valence-corrected chi connectivity index (χ2v) is 6.28. The molecule has 0 radical (unpaired) electrons. The van der Waals surface area contributed by atoms with E-state index in [1.807, 2.05) is 54.6 Å². The Labute approximate surface area is 160 Å². The van der Waals surface area contributed by atoms with Gasteiger partial charge in [-0.2, -0.15) is 10.1 Å². The first-order chi connectivity index (χ1) is 13.8. The molecule has 0 aliphatic carbocycles. The van der Waals surface area contributed by atoms with E-state index in [1.54, 1.807) is 13.3 Å². The summed E-state index contributed by atoms with van der Waals surface area (Å²) in [5.74, 6) is 1.06.